The highest BCUT2D eigenvalue weighted by Gasteiger charge is 2.40. The van der Waals surface area contributed by atoms with Crippen molar-refractivity contribution in [2.24, 2.45) is 5.92 Å². The number of carbonyl (C=O) groups is 2. The van der Waals surface area contributed by atoms with Gasteiger partial charge < -0.3 is 15.1 Å². The zero-order chi connectivity index (χ0) is 19.5. The summed E-state index contributed by atoms with van der Waals surface area (Å²) >= 11 is 0. The van der Waals surface area contributed by atoms with Crippen LogP contribution in [0.2, 0.25) is 0 Å². The molecule has 3 aliphatic rings. The highest BCUT2D eigenvalue weighted by molar-refractivity contribution is 6.00. The molecule has 0 spiro atoms. The SMILES string of the molecule is CCCc1ccc(N2CC(C(=O)N3CCC(N4CCNCC4)C3)CC2=O)cc1.Cl. The Morgan fingerprint density at radius 3 is 2.52 bits per heavy atom. The normalized spacial score (nSPS) is 25.3. The molecule has 7 heteroatoms. The van der Waals surface area contributed by atoms with Gasteiger partial charge in [0.05, 0.1) is 5.92 Å². The van der Waals surface area contributed by atoms with E-state index in [4.69, 9.17) is 0 Å². The molecule has 0 radical (unpaired) electrons. The van der Waals surface area contributed by atoms with Gasteiger partial charge in [-0.2, -0.15) is 0 Å². The molecule has 3 heterocycles. The first-order valence-electron chi connectivity index (χ1n) is 10.8. The van der Waals surface area contributed by atoms with Gasteiger partial charge >= 0.3 is 0 Å². The highest BCUT2D eigenvalue weighted by atomic mass is 35.5. The lowest BCUT2D eigenvalue weighted by molar-refractivity contribution is -0.135. The van der Waals surface area contributed by atoms with E-state index in [-0.39, 0.29) is 30.1 Å². The number of benzene rings is 1. The number of halogens is 1. The van der Waals surface area contributed by atoms with Crippen molar-refractivity contribution in [2.75, 3.05) is 50.7 Å². The van der Waals surface area contributed by atoms with Gasteiger partial charge in [0.2, 0.25) is 11.8 Å². The van der Waals surface area contributed by atoms with E-state index in [9.17, 15) is 9.59 Å². The Hall–Kier alpha value is -1.63. The van der Waals surface area contributed by atoms with Gasteiger partial charge in [-0.25, -0.2) is 0 Å². The molecule has 1 aromatic rings. The second-order valence-electron chi connectivity index (χ2n) is 8.33. The molecule has 2 unspecified atom stereocenters. The smallest absolute Gasteiger partial charge is 0.228 e. The molecular weight excluding hydrogens is 388 g/mol. The molecule has 3 fully saturated rings. The third kappa shape index (κ3) is 4.93. The first-order valence-corrected chi connectivity index (χ1v) is 10.8. The second kappa shape index (κ2) is 9.92. The van der Waals surface area contributed by atoms with Crippen LogP contribution in [0.15, 0.2) is 24.3 Å². The minimum absolute atomic E-state index is 0. The van der Waals surface area contributed by atoms with E-state index in [1.54, 1.807) is 4.90 Å². The number of amides is 2. The molecule has 0 saturated carbocycles. The number of hydrogen-bond acceptors (Lipinski definition) is 4. The highest BCUT2D eigenvalue weighted by Crippen LogP contribution is 2.28. The molecule has 160 valence electrons. The van der Waals surface area contributed by atoms with Gasteiger partial charge in [0.1, 0.15) is 0 Å². The zero-order valence-corrected chi connectivity index (χ0v) is 18.1. The fourth-order valence-electron chi connectivity index (χ4n) is 4.80. The Bertz CT molecular complexity index is 705. The van der Waals surface area contributed by atoms with Crippen LogP contribution in [-0.2, 0) is 16.0 Å². The fraction of sp³-hybridized carbons (Fsp3) is 0.636. The van der Waals surface area contributed by atoms with Crippen LogP contribution in [0.1, 0.15) is 31.7 Å². The van der Waals surface area contributed by atoms with Crippen LogP contribution in [0.4, 0.5) is 5.69 Å². The summed E-state index contributed by atoms with van der Waals surface area (Å²) in [7, 11) is 0. The first-order chi connectivity index (χ1) is 13.7. The number of hydrogen-bond donors (Lipinski definition) is 1. The average molecular weight is 421 g/mol. The van der Waals surface area contributed by atoms with Crippen molar-refractivity contribution in [1.82, 2.24) is 15.1 Å². The van der Waals surface area contributed by atoms with Crippen LogP contribution in [0.25, 0.3) is 0 Å². The van der Waals surface area contributed by atoms with Crippen molar-refractivity contribution in [2.45, 2.75) is 38.6 Å². The van der Waals surface area contributed by atoms with Gasteiger partial charge in [0.15, 0.2) is 0 Å². The largest absolute Gasteiger partial charge is 0.341 e. The molecule has 1 aromatic carbocycles. The van der Waals surface area contributed by atoms with Gasteiger partial charge in [-0.1, -0.05) is 25.5 Å². The minimum atomic E-state index is -0.204. The number of carbonyl (C=O) groups excluding carboxylic acids is 2. The topological polar surface area (TPSA) is 55.9 Å². The van der Waals surface area contributed by atoms with Gasteiger partial charge in [0.25, 0.3) is 0 Å². The van der Waals surface area contributed by atoms with Crippen LogP contribution in [0, 0.1) is 5.92 Å². The molecule has 2 atom stereocenters. The Labute approximate surface area is 180 Å². The van der Waals surface area contributed by atoms with E-state index in [1.807, 2.05) is 17.0 Å². The summed E-state index contributed by atoms with van der Waals surface area (Å²) in [5, 5.41) is 3.39. The van der Waals surface area contributed by atoms with E-state index in [1.165, 1.54) is 5.56 Å². The molecule has 0 bridgehead atoms. The van der Waals surface area contributed by atoms with E-state index in [0.29, 0.717) is 19.0 Å². The van der Waals surface area contributed by atoms with E-state index in [2.05, 4.69) is 29.3 Å². The summed E-state index contributed by atoms with van der Waals surface area (Å²) in [6.45, 7) is 8.52. The molecule has 0 aromatic heterocycles. The standard InChI is InChI=1S/C22H32N4O2.ClH/c1-2-3-17-4-6-19(7-5-17)26-15-18(14-21(26)27)22(28)25-11-8-20(16-25)24-12-9-23-10-13-24;/h4-7,18,20,23H,2-3,8-16H2,1H3;1H. The Kier molecular flexibility index (Phi) is 7.55. The van der Waals surface area contributed by atoms with Crippen LogP contribution in [-0.4, -0.2) is 73.5 Å². The van der Waals surface area contributed by atoms with E-state index in [0.717, 1.165) is 64.2 Å². The predicted molar refractivity (Wildman–Crippen MR) is 118 cm³/mol. The van der Waals surface area contributed by atoms with Gasteiger partial charge in [-0.3, -0.25) is 14.5 Å². The summed E-state index contributed by atoms with van der Waals surface area (Å²) in [5.41, 5.74) is 2.21. The summed E-state index contributed by atoms with van der Waals surface area (Å²) < 4.78 is 0. The lowest BCUT2D eigenvalue weighted by atomic mass is 10.1. The summed E-state index contributed by atoms with van der Waals surface area (Å²) in [5.74, 6) is 0.0279. The van der Waals surface area contributed by atoms with Crippen molar-refractivity contribution >= 4 is 29.9 Å². The quantitative estimate of drug-likeness (QED) is 0.790. The second-order valence-corrected chi connectivity index (χ2v) is 8.33. The van der Waals surface area contributed by atoms with Crippen LogP contribution in [0.5, 0.6) is 0 Å². The molecule has 4 rings (SSSR count). The van der Waals surface area contributed by atoms with E-state index >= 15 is 0 Å². The number of piperazine rings is 1. The zero-order valence-electron chi connectivity index (χ0n) is 17.3. The molecule has 2 amide bonds. The van der Waals surface area contributed by atoms with Crippen molar-refractivity contribution in [3.63, 3.8) is 0 Å². The van der Waals surface area contributed by atoms with Crippen LogP contribution < -0.4 is 10.2 Å². The maximum atomic E-state index is 13.1. The Morgan fingerprint density at radius 1 is 1.10 bits per heavy atom. The number of aryl methyl sites for hydroxylation is 1. The number of anilines is 1. The molecule has 29 heavy (non-hydrogen) atoms. The molecular formula is C22H33ClN4O2. The number of nitrogens with one attached hydrogen (secondary N) is 1. The van der Waals surface area contributed by atoms with Crippen LogP contribution in [0.3, 0.4) is 0 Å². The molecule has 3 aliphatic heterocycles. The lowest BCUT2D eigenvalue weighted by Crippen LogP contribution is -2.49. The average Bonchev–Trinajstić information content (AvgIpc) is 3.36. The third-order valence-corrected chi connectivity index (χ3v) is 6.40. The van der Waals surface area contributed by atoms with Crippen LogP contribution >= 0.6 is 12.4 Å². The predicted octanol–water partition coefficient (Wildman–Crippen LogP) is 1.92. The Balaban J connectivity index is 0.00000240. The van der Waals surface area contributed by atoms with Gasteiger partial charge in [-0.05, 0) is 30.5 Å². The van der Waals surface area contributed by atoms with Crippen molar-refractivity contribution in [1.29, 1.82) is 0 Å². The summed E-state index contributed by atoms with van der Waals surface area (Å²) in [4.78, 5) is 31.9. The third-order valence-electron chi connectivity index (χ3n) is 6.40. The summed E-state index contributed by atoms with van der Waals surface area (Å²) in [6, 6.07) is 8.71. The fourth-order valence-corrected chi connectivity index (χ4v) is 4.80. The van der Waals surface area contributed by atoms with Crippen molar-refractivity contribution < 1.29 is 9.59 Å². The molecule has 6 nitrogen and oxygen atoms in total. The Morgan fingerprint density at radius 2 is 1.83 bits per heavy atom. The van der Waals surface area contributed by atoms with Crippen molar-refractivity contribution in [3.05, 3.63) is 29.8 Å². The van der Waals surface area contributed by atoms with Gasteiger partial charge in [-0.15, -0.1) is 12.4 Å². The van der Waals surface area contributed by atoms with E-state index < -0.39 is 0 Å². The summed E-state index contributed by atoms with van der Waals surface area (Å²) in [6.07, 6.45) is 3.56. The van der Waals surface area contributed by atoms with Crippen molar-refractivity contribution in [3.8, 4) is 0 Å². The maximum absolute atomic E-state index is 13.1. The van der Waals surface area contributed by atoms with Gasteiger partial charge in [0, 0.05) is 64.0 Å². The number of likely N-dealkylation sites (tertiary alicyclic amines) is 1. The number of rotatable bonds is 5. The molecule has 1 N–H and O–H groups in total. The molecule has 0 aliphatic carbocycles. The lowest BCUT2D eigenvalue weighted by Gasteiger charge is -2.32. The maximum Gasteiger partial charge on any atom is 0.228 e. The number of nitrogens with zero attached hydrogens (tertiary/aromatic N) is 3. The first kappa shape index (κ1) is 22.1. The monoisotopic (exact) mass is 420 g/mol. The minimum Gasteiger partial charge on any atom is -0.341 e. The molecule has 3 saturated heterocycles.